The Morgan fingerprint density at radius 1 is 1.00 bits per heavy atom. The highest BCUT2D eigenvalue weighted by molar-refractivity contribution is 7.89. The number of piperidine rings is 1. The van der Waals surface area contributed by atoms with Crippen molar-refractivity contribution in [2.45, 2.75) is 37.1 Å². The van der Waals surface area contributed by atoms with Gasteiger partial charge >= 0.3 is 0 Å². The van der Waals surface area contributed by atoms with E-state index in [1.54, 1.807) is 24.3 Å². The molecule has 2 aliphatic rings. The summed E-state index contributed by atoms with van der Waals surface area (Å²) in [7, 11) is -3.42. The maximum absolute atomic E-state index is 12.6. The number of hydrogen-bond acceptors (Lipinski definition) is 5. The van der Waals surface area contributed by atoms with Gasteiger partial charge in [-0.15, -0.1) is 0 Å². The molecule has 0 unspecified atom stereocenters. The van der Waals surface area contributed by atoms with Crippen LogP contribution >= 0.6 is 11.6 Å². The van der Waals surface area contributed by atoms with E-state index in [-0.39, 0.29) is 16.7 Å². The number of hydrogen-bond donors (Lipinski definition) is 1. The summed E-state index contributed by atoms with van der Waals surface area (Å²) in [5, 5.41) is 3.75. The highest BCUT2D eigenvalue weighted by atomic mass is 35.5. The third-order valence-corrected chi connectivity index (χ3v) is 8.79. The number of amides is 1. The first kappa shape index (κ1) is 25.0. The molecule has 0 aliphatic carbocycles. The van der Waals surface area contributed by atoms with Gasteiger partial charge in [0.15, 0.2) is 0 Å². The maximum atomic E-state index is 12.6. The van der Waals surface area contributed by atoms with E-state index in [1.165, 1.54) is 4.31 Å². The molecular weight excluding hydrogens is 474 g/mol. The minimum Gasteiger partial charge on any atom is -0.492 e. The lowest BCUT2D eigenvalue weighted by Crippen LogP contribution is -2.41. The van der Waals surface area contributed by atoms with Crippen LogP contribution < -0.4 is 10.1 Å². The van der Waals surface area contributed by atoms with Gasteiger partial charge in [-0.2, -0.15) is 4.31 Å². The molecule has 2 aromatic rings. The van der Waals surface area contributed by atoms with Gasteiger partial charge in [-0.25, -0.2) is 8.42 Å². The van der Waals surface area contributed by atoms with Gasteiger partial charge in [0.1, 0.15) is 12.4 Å². The van der Waals surface area contributed by atoms with Crippen molar-refractivity contribution in [2.75, 3.05) is 39.3 Å². The highest BCUT2D eigenvalue weighted by Crippen LogP contribution is 2.24. The average molecular weight is 506 g/mol. The fraction of sp³-hybridized carbons (Fsp3) is 0.480. The predicted molar refractivity (Wildman–Crippen MR) is 132 cm³/mol. The van der Waals surface area contributed by atoms with Crippen molar-refractivity contribution in [1.82, 2.24) is 14.5 Å². The van der Waals surface area contributed by atoms with Crippen LogP contribution in [-0.2, 0) is 21.4 Å². The number of rotatable bonds is 9. The van der Waals surface area contributed by atoms with Gasteiger partial charge in [0.2, 0.25) is 15.9 Å². The van der Waals surface area contributed by atoms with Crippen molar-refractivity contribution < 1.29 is 17.9 Å². The van der Waals surface area contributed by atoms with Crippen LogP contribution in [0.1, 0.15) is 31.2 Å². The van der Waals surface area contributed by atoms with E-state index in [2.05, 4.69) is 10.2 Å². The summed E-state index contributed by atoms with van der Waals surface area (Å²) < 4.78 is 32.4. The summed E-state index contributed by atoms with van der Waals surface area (Å²) >= 11 is 6.26. The van der Waals surface area contributed by atoms with Crippen LogP contribution in [0, 0.1) is 5.92 Å². The average Bonchev–Trinajstić information content (AvgIpc) is 3.40. The number of nitrogens with one attached hydrogen (secondary N) is 1. The second kappa shape index (κ2) is 11.5. The Bertz CT molecular complexity index is 1060. The van der Waals surface area contributed by atoms with Crippen LogP contribution in [0.3, 0.4) is 0 Å². The Kier molecular flexibility index (Phi) is 8.47. The molecule has 1 N–H and O–H groups in total. The Hall–Kier alpha value is -2.13. The number of carbonyl (C=O) groups is 1. The molecule has 2 aliphatic heterocycles. The van der Waals surface area contributed by atoms with Crippen LogP contribution in [0.2, 0.25) is 5.02 Å². The number of halogens is 1. The zero-order valence-electron chi connectivity index (χ0n) is 19.3. The summed E-state index contributed by atoms with van der Waals surface area (Å²) in [6, 6.07) is 14.4. The number of sulfonamides is 1. The molecule has 184 valence electrons. The summed E-state index contributed by atoms with van der Waals surface area (Å²) in [6.45, 7) is 4.45. The first-order valence-electron chi connectivity index (χ1n) is 11.9. The third-order valence-electron chi connectivity index (χ3n) is 6.51. The van der Waals surface area contributed by atoms with E-state index in [0.29, 0.717) is 32.0 Å². The van der Waals surface area contributed by atoms with Crippen LogP contribution in [0.25, 0.3) is 0 Å². The topological polar surface area (TPSA) is 78.9 Å². The van der Waals surface area contributed by atoms with E-state index in [4.69, 9.17) is 16.3 Å². The molecule has 0 bridgehead atoms. The molecule has 1 amide bonds. The monoisotopic (exact) mass is 505 g/mol. The first-order valence-corrected chi connectivity index (χ1v) is 13.7. The lowest BCUT2D eigenvalue weighted by atomic mass is 9.95. The van der Waals surface area contributed by atoms with Gasteiger partial charge < -0.3 is 10.1 Å². The molecule has 0 saturated carbocycles. The van der Waals surface area contributed by atoms with E-state index in [0.717, 1.165) is 55.9 Å². The molecule has 2 fully saturated rings. The van der Waals surface area contributed by atoms with E-state index in [9.17, 15) is 13.2 Å². The second-order valence-corrected chi connectivity index (χ2v) is 11.2. The van der Waals surface area contributed by atoms with Crippen LogP contribution in [0.5, 0.6) is 5.75 Å². The molecule has 2 heterocycles. The zero-order valence-corrected chi connectivity index (χ0v) is 20.9. The van der Waals surface area contributed by atoms with Crippen molar-refractivity contribution in [1.29, 1.82) is 0 Å². The number of ether oxygens (including phenoxy) is 1. The summed E-state index contributed by atoms with van der Waals surface area (Å²) in [5.74, 6) is 0.660. The quantitative estimate of drug-likeness (QED) is 0.527. The fourth-order valence-electron chi connectivity index (χ4n) is 4.49. The lowest BCUT2D eigenvalue weighted by Gasteiger charge is -2.31. The molecule has 2 saturated heterocycles. The van der Waals surface area contributed by atoms with Crippen molar-refractivity contribution in [3.63, 3.8) is 0 Å². The number of benzene rings is 2. The number of likely N-dealkylation sites (tertiary alicyclic amines) is 1. The molecule has 9 heteroatoms. The van der Waals surface area contributed by atoms with Gasteiger partial charge in [-0.1, -0.05) is 29.8 Å². The van der Waals surface area contributed by atoms with Gasteiger partial charge in [-0.05, 0) is 74.7 Å². The minimum atomic E-state index is -3.42. The van der Waals surface area contributed by atoms with Crippen molar-refractivity contribution >= 4 is 27.5 Å². The van der Waals surface area contributed by atoms with Crippen LogP contribution in [-0.4, -0.2) is 62.9 Å². The normalized spacial score (nSPS) is 18.1. The molecule has 0 spiro atoms. The first-order chi connectivity index (χ1) is 16.4. The van der Waals surface area contributed by atoms with Gasteiger partial charge in [0.05, 0.1) is 11.4 Å². The van der Waals surface area contributed by atoms with Gasteiger partial charge in [0.25, 0.3) is 0 Å². The molecule has 0 radical (unpaired) electrons. The SMILES string of the molecule is O=C(NCCOc1ccc(S(=O)(=O)N2CCCC2)cc1)C1CCN(Cc2ccccc2Cl)CC1. The fourth-order valence-corrected chi connectivity index (χ4v) is 6.21. The zero-order chi connectivity index (χ0) is 24.0. The standard InChI is InChI=1S/C25H32ClN3O4S/c26-24-6-2-1-5-21(24)19-28-16-11-20(12-17-28)25(30)27-13-18-33-22-7-9-23(10-8-22)34(31,32)29-14-3-4-15-29/h1-2,5-10,20H,3-4,11-19H2,(H,27,30). The van der Waals surface area contributed by atoms with E-state index in [1.807, 2.05) is 24.3 Å². The van der Waals surface area contributed by atoms with E-state index < -0.39 is 10.0 Å². The van der Waals surface area contributed by atoms with Gasteiger partial charge in [-0.3, -0.25) is 9.69 Å². The highest BCUT2D eigenvalue weighted by Gasteiger charge is 2.27. The van der Waals surface area contributed by atoms with Crippen LogP contribution in [0.4, 0.5) is 0 Å². The lowest BCUT2D eigenvalue weighted by molar-refractivity contribution is -0.126. The number of nitrogens with zero attached hydrogens (tertiary/aromatic N) is 2. The van der Waals surface area contributed by atoms with Crippen molar-refractivity contribution in [2.24, 2.45) is 5.92 Å². The second-order valence-electron chi connectivity index (χ2n) is 8.86. The third kappa shape index (κ3) is 6.30. The van der Waals surface area contributed by atoms with Gasteiger partial charge in [0, 0.05) is 30.6 Å². The Labute approximate surface area is 207 Å². The molecule has 0 atom stereocenters. The smallest absolute Gasteiger partial charge is 0.243 e. The largest absolute Gasteiger partial charge is 0.492 e. The Morgan fingerprint density at radius 2 is 1.68 bits per heavy atom. The Morgan fingerprint density at radius 3 is 2.35 bits per heavy atom. The predicted octanol–water partition coefficient (Wildman–Crippen LogP) is 3.53. The van der Waals surface area contributed by atoms with Crippen LogP contribution in [0.15, 0.2) is 53.4 Å². The summed E-state index contributed by atoms with van der Waals surface area (Å²) in [5.41, 5.74) is 1.12. The molecule has 2 aromatic carbocycles. The molecule has 0 aromatic heterocycles. The van der Waals surface area contributed by atoms with Crippen molar-refractivity contribution in [3.8, 4) is 5.75 Å². The summed E-state index contributed by atoms with van der Waals surface area (Å²) in [4.78, 5) is 15.2. The molecule has 4 rings (SSSR count). The Balaban J connectivity index is 1.15. The van der Waals surface area contributed by atoms with Crippen molar-refractivity contribution in [3.05, 3.63) is 59.1 Å². The number of carbonyl (C=O) groups excluding carboxylic acids is 1. The van der Waals surface area contributed by atoms with E-state index >= 15 is 0 Å². The summed E-state index contributed by atoms with van der Waals surface area (Å²) in [6.07, 6.45) is 3.47. The molecule has 34 heavy (non-hydrogen) atoms. The molecule has 7 nitrogen and oxygen atoms in total. The molecular formula is C25H32ClN3O4S. The maximum Gasteiger partial charge on any atom is 0.243 e. The minimum absolute atomic E-state index is 0.0116.